The molecule has 4 heteroatoms. The molecule has 16 heavy (non-hydrogen) atoms. The molecule has 1 heterocycles. The molecule has 0 aliphatic heterocycles. The van der Waals surface area contributed by atoms with Crippen molar-refractivity contribution in [1.82, 2.24) is 9.78 Å². The molecular formula is C12H19BrN2O. The van der Waals surface area contributed by atoms with Gasteiger partial charge in [0.1, 0.15) is 4.47 Å². The van der Waals surface area contributed by atoms with Gasteiger partial charge in [-0.1, -0.05) is 26.2 Å². The maximum atomic E-state index is 11.9. The highest BCUT2D eigenvalue weighted by molar-refractivity contribution is 9.10. The van der Waals surface area contributed by atoms with Gasteiger partial charge in [0.15, 0.2) is 0 Å². The van der Waals surface area contributed by atoms with Crippen LogP contribution in [0.15, 0.2) is 9.27 Å². The summed E-state index contributed by atoms with van der Waals surface area (Å²) in [5.74, 6) is 0.560. The number of aryl methyl sites for hydroxylation is 1. The lowest BCUT2D eigenvalue weighted by Gasteiger charge is -2.06. The van der Waals surface area contributed by atoms with E-state index in [0.29, 0.717) is 5.92 Å². The number of nitrogens with one attached hydrogen (secondary N) is 1. The third kappa shape index (κ3) is 2.26. The maximum Gasteiger partial charge on any atom is 0.281 e. The van der Waals surface area contributed by atoms with Crippen molar-refractivity contribution in [3.63, 3.8) is 0 Å². The minimum Gasteiger partial charge on any atom is -0.298 e. The Bertz CT molecular complexity index is 402. The van der Waals surface area contributed by atoms with Crippen LogP contribution in [0, 0.1) is 0 Å². The fourth-order valence-corrected chi connectivity index (χ4v) is 3.06. The summed E-state index contributed by atoms with van der Waals surface area (Å²) in [6.07, 6.45) is 7.18. The number of aromatic nitrogens is 2. The van der Waals surface area contributed by atoms with Gasteiger partial charge in [-0.15, -0.1) is 0 Å². The highest BCUT2D eigenvalue weighted by Gasteiger charge is 2.23. The molecule has 1 aromatic heterocycles. The number of aromatic amines is 1. The molecule has 0 spiro atoms. The topological polar surface area (TPSA) is 37.8 Å². The SMILES string of the molecule is CCCCn1[nH]c(C2CCCC2)c(Br)c1=O. The Morgan fingerprint density at radius 2 is 2.12 bits per heavy atom. The van der Waals surface area contributed by atoms with E-state index in [1.807, 2.05) is 0 Å². The number of nitrogens with zero attached hydrogens (tertiary/aromatic N) is 1. The van der Waals surface area contributed by atoms with E-state index in [0.717, 1.165) is 29.6 Å². The molecule has 1 aliphatic rings. The zero-order chi connectivity index (χ0) is 11.5. The van der Waals surface area contributed by atoms with Crippen LogP contribution >= 0.6 is 15.9 Å². The molecule has 90 valence electrons. The van der Waals surface area contributed by atoms with Crippen LogP contribution in [0.5, 0.6) is 0 Å². The number of hydrogen-bond acceptors (Lipinski definition) is 1. The summed E-state index contributed by atoms with van der Waals surface area (Å²) in [5, 5.41) is 3.28. The fraction of sp³-hybridized carbons (Fsp3) is 0.750. The van der Waals surface area contributed by atoms with Crippen LogP contribution in [0.25, 0.3) is 0 Å². The van der Waals surface area contributed by atoms with Crippen molar-refractivity contribution in [1.29, 1.82) is 0 Å². The Balaban J connectivity index is 2.22. The first-order valence-corrected chi connectivity index (χ1v) is 7.01. The average molecular weight is 287 g/mol. The second-order valence-corrected chi connectivity index (χ2v) is 5.42. The van der Waals surface area contributed by atoms with Crippen LogP contribution in [0.2, 0.25) is 0 Å². The van der Waals surface area contributed by atoms with Gasteiger partial charge in [0.2, 0.25) is 0 Å². The third-order valence-electron chi connectivity index (χ3n) is 3.42. The molecule has 0 radical (unpaired) electrons. The van der Waals surface area contributed by atoms with Crippen LogP contribution < -0.4 is 5.56 Å². The predicted octanol–water partition coefficient (Wildman–Crippen LogP) is 3.40. The molecular weight excluding hydrogens is 268 g/mol. The fourth-order valence-electron chi connectivity index (χ4n) is 2.44. The Hall–Kier alpha value is -0.510. The first-order chi connectivity index (χ1) is 7.74. The van der Waals surface area contributed by atoms with E-state index in [-0.39, 0.29) is 5.56 Å². The van der Waals surface area contributed by atoms with Gasteiger partial charge in [-0.05, 0) is 35.2 Å². The molecule has 3 nitrogen and oxygen atoms in total. The third-order valence-corrected chi connectivity index (χ3v) is 4.19. The predicted molar refractivity (Wildman–Crippen MR) is 68.9 cm³/mol. The van der Waals surface area contributed by atoms with E-state index >= 15 is 0 Å². The number of unbranched alkanes of at least 4 members (excludes halogenated alkanes) is 1. The molecule has 1 aromatic rings. The van der Waals surface area contributed by atoms with E-state index in [4.69, 9.17) is 0 Å². The summed E-state index contributed by atoms with van der Waals surface area (Å²) >= 11 is 3.44. The average Bonchev–Trinajstić information content (AvgIpc) is 2.88. The lowest BCUT2D eigenvalue weighted by atomic mass is 10.1. The molecule has 1 N–H and O–H groups in total. The first kappa shape index (κ1) is 12.0. The van der Waals surface area contributed by atoms with Crippen molar-refractivity contribution >= 4 is 15.9 Å². The summed E-state index contributed by atoms with van der Waals surface area (Å²) in [6, 6.07) is 0. The second-order valence-electron chi connectivity index (χ2n) is 4.63. The normalized spacial score (nSPS) is 17.1. The maximum absolute atomic E-state index is 11.9. The zero-order valence-corrected chi connectivity index (χ0v) is 11.3. The number of hydrogen-bond donors (Lipinski definition) is 1. The van der Waals surface area contributed by atoms with Crippen molar-refractivity contribution in [3.8, 4) is 0 Å². The van der Waals surface area contributed by atoms with Gasteiger partial charge in [0.05, 0.1) is 5.69 Å². The largest absolute Gasteiger partial charge is 0.298 e. The van der Waals surface area contributed by atoms with Crippen molar-refractivity contribution < 1.29 is 0 Å². The van der Waals surface area contributed by atoms with Crippen LogP contribution in [0.4, 0.5) is 0 Å². The van der Waals surface area contributed by atoms with Crippen LogP contribution in [0.3, 0.4) is 0 Å². The van der Waals surface area contributed by atoms with E-state index in [2.05, 4.69) is 28.0 Å². The molecule has 1 fully saturated rings. The Morgan fingerprint density at radius 3 is 2.75 bits per heavy atom. The highest BCUT2D eigenvalue weighted by Crippen LogP contribution is 2.35. The van der Waals surface area contributed by atoms with E-state index in [1.165, 1.54) is 25.7 Å². The van der Waals surface area contributed by atoms with Gasteiger partial charge in [0, 0.05) is 12.5 Å². The number of H-pyrrole nitrogens is 1. The summed E-state index contributed by atoms with van der Waals surface area (Å²) in [7, 11) is 0. The Labute approximate surface area is 104 Å². The molecule has 0 unspecified atom stereocenters. The van der Waals surface area contributed by atoms with Crippen LogP contribution in [0.1, 0.15) is 57.1 Å². The van der Waals surface area contributed by atoms with Crippen LogP contribution in [-0.4, -0.2) is 9.78 Å². The van der Waals surface area contributed by atoms with E-state index in [9.17, 15) is 4.79 Å². The van der Waals surface area contributed by atoms with Gasteiger partial charge in [-0.25, -0.2) is 0 Å². The quantitative estimate of drug-likeness (QED) is 0.905. The standard InChI is InChI=1S/C12H19BrN2O/c1-2-3-8-15-12(16)10(13)11(14-15)9-6-4-5-7-9/h9,14H,2-8H2,1H3. The summed E-state index contributed by atoms with van der Waals surface area (Å²) in [5.41, 5.74) is 1.23. The number of rotatable bonds is 4. The van der Waals surface area contributed by atoms with Gasteiger partial charge in [-0.3, -0.25) is 14.6 Å². The monoisotopic (exact) mass is 286 g/mol. The molecule has 0 amide bonds. The summed E-state index contributed by atoms with van der Waals surface area (Å²) < 4.78 is 2.51. The van der Waals surface area contributed by atoms with Crippen molar-refractivity contribution in [2.45, 2.75) is 57.9 Å². The molecule has 0 aromatic carbocycles. The first-order valence-electron chi connectivity index (χ1n) is 6.22. The van der Waals surface area contributed by atoms with Gasteiger partial charge < -0.3 is 0 Å². The zero-order valence-electron chi connectivity index (χ0n) is 9.76. The molecule has 1 aliphatic carbocycles. The van der Waals surface area contributed by atoms with Crippen molar-refractivity contribution in [2.24, 2.45) is 0 Å². The number of halogens is 1. The lowest BCUT2D eigenvalue weighted by Crippen LogP contribution is -2.16. The minimum absolute atomic E-state index is 0.107. The Kier molecular flexibility index (Phi) is 3.90. The van der Waals surface area contributed by atoms with E-state index < -0.39 is 0 Å². The molecule has 0 bridgehead atoms. The van der Waals surface area contributed by atoms with Gasteiger partial charge in [-0.2, -0.15) is 0 Å². The second kappa shape index (κ2) is 5.21. The highest BCUT2D eigenvalue weighted by atomic mass is 79.9. The van der Waals surface area contributed by atoms with Gasteiger partial charge in [0.25, 0.3) is 5.56 Å². The lowest BCUT2D eigenvalue weighted by molar-refractivity contribution is 0.542. The van der Waals surface area contributed by atoms with Crippen LogP contribution in [-0.2, 0) is 6.54 Å². The van der Waals surface area contributed by atoms with Crippen molar-refractivity contribution in [3.05, 3.63) is 20.5 Å². The van der Waals surface area contributed by atoms with E-state index in [1.54, 1.807) is 4.68 Å². The summed E-state index contributed by atoms with van der Waals surface area (Å²) in [4.78, 5) is 11.9. The van der Waals surface area contributed by atoms with Crippen molar-refractivity contribution in [2.75, 3.05) is 0 Å². The molecule has 0 atom stereocenters. The summed E-state index contributed by atoms with van der Waals surface area (Å²) in [6.45, 7) is 2.95. The Morgan fingerprint density at radius 1 is 1.44 bits per heavy atom. The molecule has 1 saturated carbocycles. The molecule has 0 saturated heterocycles. The minimum atomic E-state index is 0.107. The van der Waals surface area contributed by atoms with Gasteiger partial charge >= 0.3 is 0 Å². The molecule has 2 rings (SSSR count). The smallest absolute Gasteiger partial charge is 0.281 e.